The van der Waals surface area contributed by atoms with Gasteiger partial charge in [-0.3, -0.25) is 4.79 Å². The van der Waals surface area contributed by atoms with Gasteiger partial charge in [0.05, 0.1) is 18.7 Å². The standard InChI is InChI=1S/C27H30N4O3/c1-19(20-8-4-3-5-9-20)28-26(32)24-18-22(12-15-25(24)31-16-6-7-17-31)30-27(33)29-21-10-13-23(34-2)14-11-21/h3-5,8-15,18-19H,6-7,16-17H2,1-2H3,(H,28,32)(H2,29,30,33). The van der Waals surface area contributed by atoms with E-state index in [1.807, 2.05) is 49.4 Å². The molecule has 1 aliphatic rings. The minimum atomic E-state index is -0.386. The largest absolute Gasteiger partial charge is 0.497 e. The molecule has 7 heteroatoms. The Labute approximate surface area is 200 Å². The number of benzene rings is 3. The average Bonchev–Trinajstić information content (AvgIpc) is 3.40. The second kappa shape index (κ2) is 10.7. The van der Waals surface area contributed by atoms with Crippen molar-refractivity contribution in [3.8, 4) is 5.75 Å². The first-order valence-corrected chi connectivity index (χ1v) is 11.5. The first-order valence-electron chi connectivity index (χ1n) is 11.5. The molecule has 1 heterocycles. The molecule has 3 aromatic rings. The molecule has 7 nitrogen and oxygen atoms in total. The molecule has 1 aliphatic heterocycles. The van der Waals surface area contributed by atoms with E-state index in [9.17, 15) is 9.59 Å². The summed E-state index contributed by atoms with van der Waals surface area (Å²) in [6.45, 7) is 3.80. The fourth-order valence-corrected chi connectivity index (χ4v) is 4.10. The molecule has 34 heavy (non-hydrogen) atoms. The normalized spacial score (nSPS) is 13.8. The Kier molecular flexibility index (Phi) is 7.32. The van der Waals surface area contributed by atoms with Crippen molar-refractivity contribution in [2.45, 2.75) is 25.8 Å². The van der Waals surface area contributed by atoms with Gasteiger partial charge in [0.1, 0.15) is 5.75 Å². The van der Waals surface area contributed by atoms with Gasteiger partial charge in [-0.05, 0) is 67.8 Å². The van der Waals surface area contributed by atoms with Gasteiger partial charge in [0.15, 0.2) is 0 Å². The number of urea groups is 1. The molecular weight excluding hydrogens is 428 g/mol. The van der Waals surface area contributed by atoms with Crippen LogP contribution >= 0.6 is 0 Å². The molecule has 0 spiro atoms. The summed E-state index contributed by atoms with van der Waals surface area (Å²) in [5.41, 5.74) is 3.66. The van der Waals surface area contributed by atoms with Gasteiger partial charge in [-0.1, -0.05) is 30.3 Å². The minimum Gasteiger partial charge on any atom is -0.497 e. The van der Waals surface area contributed by atoms with Crippen molar-refractivity contribution < 1.29 is 14.3 Å². The number of nitrogens with one attached hydrogen (secondary N) is 3. The quantitative estimate of drug-likeness (QED) is 0.441. The molecule has 3 aromatic carbocycles. The van der Waals surface area contributed by atoms with Crippen LogP contribution in [-0.2, 0) is 0 Å². The van der Waals surface area contributed by atoms with Crippen LogP contribution in [0.25, 0.3) is 0 Å². The summed E-state index contributed by atoms with van der Waals surface area (Å²) in [4.78, 5) is 28.1. The average molecular weight is 459 g/mol. The molecule has 4 rings (SSSR count). The van der Waals surface area contributed by atoms with E-state index in [1.54, 1.807) is 37.4 Å². The third-order valence-corrected chi connectivity index (χ3v) is 5.94. The van der Waals surface area contributed by atoms with Crippen LogP contribution in [0.4, 0.5) is 21.9 Å². The maximum Gasteiger partial charge on any atom is 0.323 e. The molecule has 1 saturated heterocycles. The zero-order valence-corrected chi connectivity index (χ0v) is 19.5. The molecule has 3 amide bonds. The van der Waals surface area contributed by atoms with Crippen molar-refractivity contribution in [1.29, 1.82) is 0 Å². The lowest BCUT2D eigenvalue weighted by Gasteiger charge is -2.23. The van der Waals surface area contributed by atoms with E-state index >= 15 is 0 Å². The SMILES string of the molecule is COc1ccc(NC(=O)Nc2ccc(N3CCCC3)c(C(=O)NC(C)c3ccccc3)c2)cc1. The van der Waals surface area contributed by atoms with E-state index in [0.29, 0.717) is 22.7 Å². The minimum absolute atomic E-state index is 0.143. The Morgan fingerprint density at radius 3 is 2.21 bits per heavy atom. The molecule has 1 unspecified atom stereocenters. The molecule has 1 fully saturated rings. The van der Waals surface area contributed by atoms with Gasteiger partial charge in [-0.15, -0.1) is 0 Å². The van der Waals surface area contributed by atoms with Gasteiger partial charge in [0, 0.05) is 30.2 Å². The van der Waals surface area contributed by atoms with Crippen LogP contribution < -0.4 is 25.6 Å². The van der Waals surface area contributed by atoms with Crippen LogP contribution in [0.5, 0.6) is 5.75 Å². The number of carbonyl (C=O) groups is 2. The van der Waals surface area contributed by atoms with E-state index in [2.05, 4.69) is 20.9 Å². The number of amides is 3. The van der Waals surface area contributed by atoms with Crippen LogP contribution in [0.1, 0.15) is 41.7 Å². The second-order valence-electron chi connectivity index (χ2n) is 8.34. The van der Waals surface area contributed by atoms with E-state index in [-0.39, 0.29) is 18.0 Å². The van der Waals surface area contributed by atoms with Gasteiger partial charge in [-0.2, -0.15) is 0 Å². The van der Waals surface area contributed by atoms with E-state index in [0.717, 1.165) is 37.2 Å². The Bertz CT molecular complexity index is 1130. The van der Waals surface area contributed by atoms with Crippen molar-refractivity contribution in [1.82, 2.24) is 5.32 Å². The fourth-order valence-electron chi connectivity index (χ4n) is 4.10. The number of hydrogen-bond donors (Lipinski definition) is 3. The third-order valence-electron chi connectivity index (χ3n) is 5.94. The van der Waals surface area contributed by atoms with Gasteiger partial charge in [0.2, 0.25) is 0 Å². The maximum absolute atomic E-state index is 13.3. The first-order chi connectivity index (χ1) is 16.5. The summed E-state index contributed by atoms with van der Waals surface area (Å²) >= 11 is 0. The zero-order valence-electron chi connectivity index (χ0n) is 19.5. The summed E-state index contributed by atoms with van der Waals surface area (Å²) < 4.78 is 5.14. The third kappa shape index (κ3) is 5.67. The smallest absolute Gasteiger partial charge is 0.323 e. The Balaban J connectivity index is 1.51. The highest BCUT2D eigenvalue weighted by molar-refractivity contribution is 6.04. The predicted molar refractivity (Wildman–Crippen MR) is 136 cm³/mol. The van der Waals surface area contributed by atoms with Crippen LogP contribution in [0, 0.1) is 0 Å². The highest BCUT2D eigenvalue weighted by atomic mass is 16.5. The van der Waals surface area contributed by atoms with Gasteiger partial charge in [-0.25, -0.2) is 4.79 Å². The molecule has 1 atom stereocenters. The topological polar surface area (TPSA) is 82.7 Å². The maximum atomic E-state index is 13.3. The lowest BCUT2D eigenvalue weighted by Crippen LogP contribution is -2.30. The van der Waals surface area contributed by atoms with Crippen molar-refractivity contribution in [3.63, 3.8) is 0 Å². The monoisotopic (exact) mass is 458 g/mol. The highest BCUT2D eigenvalue weighted by Gasteiger charge is 2.22. The number of carbonyl (C=O) groups excluding carboxylic acids is 2. The van der Waals surface area contributed by atoms with Gasteiger partial charge >= 0.3 is 6.03 Å². The van der Waals surface area contributed by atoms with Crippen LogP contribution in [-0.4, -0.2) is 32.1 Å². The molecule has 0 radical (unpaired) electrons. The van der Waals surface area contributed by atoms with Gasteiger partial charge < -0.3 is 25.6 Å². The zero-order chi connectivity index (χ0) is 23.9. The van der Waals surface area contributed by atoms with E-state index in [4.69, 9.17) is 4.74 Å². The molecule has 0 aromatic heterocycles. The number of anilines is 3. The molecule has 0 bridgehead atoms. The van der Waals surface area contributed by atoms with E-state index < -0.39 is 0 Å². The second-order valence-corrected chi connectivity index (χ2v) is 8.34. The van der Waals surface area contributed by atoms with Crippen LogP contribution in [0.3, 0.4) is 0 Å². The molecule has 176 valence electrons. The summed E-state index contributed by atoms with van der Waals surface area (Å²) in [6, 6.07) is 21.9. The number of nitrogens with zero attached hydrogens (tertiary/aromatic N) is 1. The summed E-state index contributed by atoms with van der Waals surface area (Å²) in [7, 11) is 1.59. The Morgan fingerprint density at radius 1 is 0.882 bits per heavy atom. The number of methoxy groups -OCH3 is 1. The summed E-state index contributed by atoms with van der Waals surface area (Å²) in [5.74, 6) is 0.543. The summed E-state index contributed by atoms with van der Waals surface area (Å²) in [6.07, 6.45) is 2.21. The Morgan fingerprint density at radius 2 is 1.53 bits per heavy atom. The molecule has 0 saturated carbocycles. The lowest BCUT2D eigenvalue weighted by molar-refractivity contribution is 0.0940. The highest BCUT2D eigenvalue weighted by Crippen LogP contribution is 2.28. The number of hydrogen-bond acceptors (Lipinski definition) is 4. The van der Waals surface area contributed by atoms with E-state index in [1.165, 1.54) is 0 Å². The Hall–Kier alpha value is -4.00. The predicted octanol–water partition coefficient (Wildman–Crippen LogP) is 5.43. The van der Waals surface area contributed by atoms with Gasteiger partial charge in [0.25, 0.3) is 5.91 Å². The van der Waals surface area contributed by atoms with Crippen molar-refractivity contribution >= 4 is 29.0 Å². The van der Waals surface area contributed by atoms with Crippen LogP contribution in [0.2, 0.25) is 0 Å². The van der Waals surface area contributed by atoms with Crippen molar-refractivity contribution in [3.05, 3.63) is 83.9 Å². The van der Waals surface area contributed by atoms with Crippen molar-refractivity contribution in [2.75, 3.05) is 35.7 Å². The lowest BCUT2D eigenvalue weighted by atomic mass is 10.1. The fraction of sp³-hybridized carbons (Fsp3) is 0.259. The first kappa shape index (κ1) is 23.2. The number of rotatable bonds is 7. The molecule has 3 N–H and O–H groups in total. The van der Waals surface area contributed by atoms with Crippen LogP contribution in [0.15, 0.2) is 72.8 Å². The summed E-state index contributed by atoms with van der Waals surface area (Å²) in [5, 5.41) is 8.74. The number of ether oxygens (including phenoxy) is 1. The van der Waals surface area contributed by atoms with Crippen molar-refractivity contribution in [2.24, 2.45) is 0 Å². The molecule has 0 aliphatic carbocycles. The molecular formula is C27H30N4O3.